The summed E-state index contributed by atoms with van der Waals surface area (Å²) in [5.74, 6) is 0.719. The van der Waals surface area contributed by atoms with Gasteiger partial charge < -0.3 is 15.2 Å². The van der Waals surface area contributed by atoms with E-state index in [0.29, 0.717) is 12.2 Å². The summed E-state index contributed by atoms with van der Waals surface area (Å²) < 4.78 is 4.96. The molecule has 3 aromatic rings. The predicted octanol–water partition coefficient (Wildman–Crippen LogP) is 3.67. The van der Waals surface area contributed by atoms with Gasteiger partial charge in [0.05, 0.1) is 18.3 Å². The summed E-state index contributed by atoms with van der Waals surface area (Å²) in [5, 5.41) is 12.3. The molecule has 0 aliphatic carbocycles. The molecule has 0 unspecified atom stereocenters. The van der Waals surface area contributed by atoms with Gasteiger partial charge in [-0.05, 0) is 13.8 Å². The van der Waals surface area contributed by atoms with Crippen molar-refractivity contribution >= 4 is 17.4 Å². The van der Waals surface area contributed by atoms with Crippen molar-refractivity contribution in [3.8, 4) is 11.3 Å². The Morgan fingerprint density at radius 2 is 2.12 bits per heavy atom. The molecule has 2 N–H and O–H groups in total. The van der Waals surface area contributed by atoms with Crippen LogP contribution in [0.3, 0.4) is 0 Å². The Bertz CT molecular complexity index is 813. The lowest BCUT2D eigenvalue weighted by molar-refractivity contribution is 0.237. The fourth-order valence-electron chi connectivity index (χ4n) is 2.21. The van der Waals surface area contributed by atoms with E-state index in [2.05, 4.69) is 20.8 Å². The summed E-state index contributed by atoms with van der Waals surface area (Å²) in [7, 11) is 0. The van der Waals surface area contributed by atoms with E-state index < -0.39 is 0 Å². The number of nitrogens with zero attached hydrogens (tertiary/aromatic N) is 2. The van der Waals surface area contributed by atoms with Crippen LogP contribution in [0.25, 0.3) is 11.3 Å². The number of hydrogen-bond donors (Lipinski definition) is 2. The highest BCUT2D eigenvalue weighted by Gasteiger charge is 2.14. The Kier molecular flexibility index (Phi) is 4.90. The molecule has 0 radical (unpaired) electrons. The first-order chi connectivity index (χ1) is 11.6. The summed E-state index contributed by atoms with van der Waals surface area (Å²) in [4.78, 5) is 16.6. The Morgan fingerprint density at radius 1 is 1.33 bits per heavy atom. The molecule has 3 rings (SSSR count). The molecule has 1 atom stereocenters. The minimum atomic E-state index is -0.264. The molecule has 7 heteroatoms. The summed E-state index contributed by atoms with van der Waals surface area (Å²) in [6.45, 7) is 4.04. The smallest absolute Gasteiger partial charge is 0.315 e. The average molecular weight is 342 g/mol. The predicted molar refractivity (Wildman–Crippen MR) is 92.6 cm³/mol. The number of aromatic nitrogens is 2. The van der Waals surface area contributed by atoms with E-state index in [0.717, 1.165) is 22.0 Å². The van der Waals surface area contributed by atoms with Gasteiger partial charge in [-0.1, -0.05) is 35.5 Å². The third-order valence-corrected chi connectivity index (χ3v) is 4.44. The molecule has 2 amide bonds. The number of thiazole rings is 1. The van der Waals surface area contributed by atoms with E-state index in [4.69, 9.17) is 4.52 Å². The van der Waals surface area contributed by atoms with Crippen molar-refractivity contribution < 1.29 is 9.32 Å². The first-order valence-corrected chi connectivity index (χ1v) is 8.47. The van der Waals surface area contributed by atoms with Crippen molar-refractivity contribution in [1.82, 2.24) is 20.8 Å². The third kappa shape index (κ3) is 3.99. The average Bonchev–Trinajstić information content (AvgIpc) is 3.23. The maximum Gasteiger partial charge on any atom is 0.315 e. The number of nitrogens with one attached hydrogen (secondary N) is 2. The van der Waals surface area contributed by atoms with Gasteiger partial charge in [0.1, 0.15) is 16.5 Å². The molecule has 2 heterocycles. The van der Waals surface area contributed by atoms with E-state index in [-0.39, 0.29) is 12.1 Å². The van der Waals surface area contributed by atoms with Gasteiger partial charge in [0.2, 0.25) is 0 Å². The number of urea groups is 1. The molecule has 124 valence electrons. The topological polar surface area (TPSA) is 80.0 Å². The fraction of sp³-hybridized carbons (Fsp3) is 0.235. The maximum absolute atomic E-state index is 12.0. The number of rotatable bonds is 5. The van der Waals surface area contributed by atoms with Crippen LogP contribution < -0.4 is 10.6 Å². The molecule has 0 aliphatic heterocycles. The van der Waals surface area contributed by atoms with E-state index >= 15 is 0 Å². The standard InChI is InChI=1S/C17H18N4O2S/c1-11-8-14(21-23-11)9-18-17(22)19-12(2)16-20-15(10-24-16)13-6-4-3-5-7-13/h3-8,10,12H,9H2,1-2H3,(H2,18,19,22)/t12-/m0/s1. The summed E-state index contributed by atoms with van der Waals surface area (Å²) in [6.07, 6.45) is 0. The Labute approximate surface area is 143 Å². The van der Waals surface area contributed by atoms with Crippen LogP contribution in [0, 0.1) is 6.92 Å². The Hall–Kier alpha value is -2.67. The SMILES string of the molecule is Cc1cc(CNC(=O)N[C@@H](C)c2nc(-c3ccccc3)cs2)no1. The lowest BCUT2D eigenvalue weighted by atomic mass is 10.2. The minimum Gasteiger partial charge on any atom is -0.361 e. The summed E-state index contributed by atoms with van der Waals surface area (Å²) >= 11 is 1.53. The van der Waals surface area contributed by atoms with Gasteiger partial charge in [0.15, 0.2) is 0 Å². The lowest BCUT2D eigenvalue weighted by Crippen LogP contribution is -2.36. The molecule has 0 aliphatic rings. The van der Waals surface area contributed by atoms with Gasteiger partial charge in [-0.3, -0.25) is 0 Å². The number of carbonyl (C=O) groups excluding carboxylic acids is 1. The molecule has 0 spiro atoms. The molecule has 0 saturated heterocycles. The molecule has 0 saturated carbocycles. The Morgan fingerprint density at radius 3 is 2.83 bits per heavy atom. The largest absolute Gasteiger partial charge is 0.361 e. The van der Waals surface area contributed by atoms with Crippen LogP contribution in [0.4, 0.5) is 4.79 Å². The zero-order chi connectivity index (χ0) is 16.9. The zero-order valence-electron chi connectivity index (χ0n) is 13.4. The van der Waals surface area contributed by atoms with Crippen LogP contribution in [0.15, 0.2) is 46.3 Å². The quantitative estimate of drug-likeness (QED) is 0.741. The molecular formula is C17H18N4O2S. The highest BCUT2D eigenvalue weighted by atomic mass is 32.1. The number of amides is 2. The van der Waals surface area contributed by atoms with Gasteiger partial charge in [-0.25, -0.2) is 9.78 Å². The van der Waals surface area contributed by atoms with E-state index in [1.807, 2.05) is 49.6 Å². The highest BCUT2D eigenvalue weighted by Crippen LogP contribution is 2.25. The molecule has 24 heavy (non-hydrogen) atoms. The van der Waals surface area contributed by atoms with Gasteiger partial charge in [-0.2, -0.15) is 0 Å². The van der Waals surface area contributed by atoms with Crippen LogP contribution >= 0.6 is 11.3 Å². The van der Waals surface area contributed by atoms with Crippen molar-refractivity contribution in [2.24, 2.45) is 0 Å². The van der Waals surface area contributed by atoms with Crippen molar-refractivity contribution in [2.45, 2.75) is 26.4 Å². The number of carbonyl (C=O) groups is 1. The molecular weight excluding hydrogens is 324 g/mol. The van der Waals surface area contributed by atoms with Crippen molar-refractivity contribution in [2.75, 3.05) is 0 Å². The summed E-state index contributed by atoms with van der Waals surface area (Å²) in [6, 6.07) is 11.3. The van der Waals surface area contributed by atoms with Gasteiger partial charge >= 0.3 is 6.03 Å². The highest BCUT2D eigenvalue weighted by molar-refractivity contribution is 7.10. The van der Waals surface area contributed by atoms with Crippen LogP contribution in [0.2, 0.25) is 0 Å². The zero-order valence-corrected chi connectivity index (χ0v) is 14.3. The fourth-order valence-corrected chi connectivity index (χ4v) is 3.04. The first kappa shape index (κ1) is 16.2. The van der Waals surface area contributed by atoms with Crippen LogP contribution in [0.5, 0.6) is 0 Å². The first-order valence-electron chi connectivity index (χ1n) is 7.59. The third-order valence-electron chi connectivity index (χ3n) is 3.42. The maximum atomic E-state index is 12.0. The Balaban J connectivity index is 1.55. The second kappa shape index (κ2) is 7.27. The van der Waals surface area contributed by atoms with Crippen LogP contribution in [-0.4, -0.2) is 16.2 Å². The normalized spacial score (nSPS) is 11.9. The minimum absolute atomic E-state index is 0.175. The van der Waals surface area contributed by atoms with Crippen molar-refractivity contribution in [3.63, 3.8) is 0 Å². The molecule has 6 nitrogen and oxygen atoms in total. The van der Waals surface area contributed by atoms with Gasteiger partial charge in [0.25, 0.3) is 0 Å². The van der Waals surface area contributed by atoms with E-state index in [9.17, 15) is 4.79 Å². The molecule has 1 aromatic carbocycles. The van der Waals surface area contributed by atoms with Crippen LogP contribution in [0.1, 0.15) is 29.4 Å². The molecule has 0 fully saturated rings. The summed E-state index contributed by atoms with van der Waals surface area (Å²) in [5.41, 5.74) is 2.68. The van der Waals surface area contributed by atoms with Crippen molar-refractivity contribution in [1.29, 1.82) is 0 Å². The molecule has 2 aromatic heterocycles. The molecule has 0 bridgehead atoms. The van der Waals surface area contributed by atoms with Crippen molar-refractivity contribution in [3.05, 3.63) is 58.2 Å². The van der Waals surface area contributed by atoms with Crippen LogP contribution in [-0.2, 0) is 6.54 Å². The number of aryl methyl sites for hydroxylation is 1. The number of benzene rings is 1. The monoisotopic (exact) mass is 342 g/mol. The van der Waals surface area contributed by atoms with Gasteiger partial charge in [0, 0.05) is 17.0 Å². The second-order valence-corrected chi connectivity index (χ2v) is 6.30. The van der Waals surface area contributed by atoms with Gasteiger partial charge in [-0.15, -0.1) is 11.3 Å². The number of hydrogen-bond acceptors (Lipinski definition) is 5. The van der Waals surface area contributed by atoms with E-state index in [1.165, 1.54) is 11.3 Å². The second-order valence-electron chi connectivity index (χ2n) is 5.41. The lowest BCUT2D eigenvalue weighted by Gasteiger charge is -2.11. The van der Waals surface area contributed by atoms with E-state index in [1.54, 1.807) is 6.07 Å².